The number of anilines is 1. The predicted molar refractivity (Wildman–Crippen MR) is 48.9 cm³/mol. The number of hydrogen-bond donors (Lipinski definition) is 2. The van der Waals surface area contributed by atoms with E-state index in [1.165, 1.54) is 0 Å². The molecule has 70 valence electrons. The molecule has 6 heteroatoms. The summed E-state index contributed by atoms with van der Waals surface area (Å²) in [4.78, 5) is 9.75. The van der Waals surface area contributed by atoms with Gasteiger partial charge in [0.05, 0.1) is 0 Å². The third kappa shape index (κ3) is 2.05. The van der Waals surface area contributed by atoms with Crippen LogP contribution in [-0.4, -0.2) is 35.1 Å². The fourth-order valence-electron chi connectivity index (χ4n) is 0.758. The van der Waals surface area contributed by atoms with Crippen molar-refractivity contribution in [3.05, 3.63) is 18.0 Å². The number of nitrogens with two attached hydrogens (primary N) is 1. The molecule has 0 saturated carbocycles. The molecule has 6 nitrogen and oxygen atoms in total. The average Bonchev–Trinajstić information content (AvgIpc) is 2.17. The van der Waals surface area contributed by atoms with Gasteiger partial charge in [-0.25, -0.2) is 9.97 Å². The molecule has 0 amide bonds. The topological polar surface area (TPSA) is 87.6 Å². The van der Waals surface area contributed by atoms with Gasteiger partial charge in [-0.2, -0.15) is 0 Å². The fraction of sp³-hybridized carbons (Fsp3) is 0.286. The molecule has 0 aliphatic heterocycles. The summed E-state index contributed by atoms with van der Waals surface area (Å²) >= 11 is 0. The van der Waals surface area contributed by atoms with Crippen molar-refractivity contribution in [2.24, 2.45) is 10.9 Å². The summed E-state index contributed by atoms with van der Waals surface area (Å²) in [5.41, 5.74) is 5.76. The van der Waals surface area contributed by atoms with E-state index in [1.54, 1.807) is 17.2 Å². The Bertz CT molecular complexity index is 322. The highest BCUT2D eigenvalue weighted by Crippen LogP contribution is 2.02. The molecule has 0 bridgehead atoms. The normalized spacial score (nSPS) is 11.4. The molecule has 0 aromatic carbocycles. The van der Waals surface area contributed by atoms with Gasteiger partial charge in [0.25, 0.3) is 0 Å². The van der Waals surface area contributed by atoms with Gasteiger partial charge in [0.1, 0.15) is 5.69 Å². The third-order valence-electron chi connectivity index (χ3n) is 1.41. The van der Waals surface area contributed by atoms with Gasteiger partial charge in [-0.1, -0.05) is 5.16 Å². The molecule has 1 rings (SSSR count). The minimum atomic E-state index is -0.0227. The lowest BCUT2D eigenvalue weighted by molar-refractivity contribution is 0.318. The Kier molecular flexibility index (Phi) is 2.63. The first-order valence-electron chi connectivity index (χ1n) is 3.63. The first-order valence-corrected chi connectivity index (χ1v) is 3.63. The first kappa shape index (κ1) is 9.24. The smallest absolute Gasteiger partial charge is 0.225 e. The number of oxime groups is 1. The largest absolute Gasteiger partial charge is 0.409 e. The minimum absolute atomic E-state index is 0.0227. The molecular weight excluding hydrogens is 170 g/mol. The highest BCUT2D eigenvalue weighted by atomic mass is 16.4. The zero-order valence-corrected chi connectivity index (χ0v) is 7.47. The van der Waals surface area contributed by atoms with Crippen LogP contribution in [0.4, 0.5) is 5.95 Å². The van der Waals surface area contributed by atoms with Crippen LogP contribution in [0.25, 0.3) is 0 Å². The summed E-state index contributed by atoms with van der Waals surface area (Å²) in [6, 6.07) is 1.57. The van der Waals surface area contributed by atoms with Crippen molar-refractivity contribution >= 4 is 11.8 Å². The fourth-order valence-corrected chi connectivity index (χ4v) is 0.758. The molecule has 0 fully saturated rings. The van der Waals surface area contributed by atoms with Gasteiger partial charge in [-0.3, -0.25) is 0 Å². The molecule has 0 spiro atoms. The first-order chi connectivity index (χ1) is 6.15. The third-order valence-corrected chi connectivity index (χ3v) is 1.41. The van der Waals surface area contributed by atoms with Crippen LogP contribution in [-0.2, 0) is 0 Å². The van der Waals surface area contributed by atoms with Crippen molar-refractivity contribution in [3.63, 3.8) is 0 Å². The van der Waals surface area contributed by atoms with Crippen LogP contribution >= 0.6 is 0 Å². The van der Waals surface area contributed by atoms with Gasteiger partial charge < -0.3 is 15.8 Å². The van der Waals surface area contributed by atoms with Gasteiger partial charge in [0, 0.05) is 20.3 Å². The lowest BCUT2D eigenvalue weighted by Crippen LogP contribution is -2.19. The molecule has 0 aliphatic rings. The van der Waals surface area contributed by atoms with Gasteiger partial charge >= 0.3 is 0 Å². The van der Waals surface area contributed by atoms with E-state index in [4.69, 9.17) is 10.9 Å². The highest BCUT2D eigenvalue weighted by molar-refractivity contribution is 5.95. The maximum Gasteiger partial charge on any atom is 0.225 e. The lowest BCUT2D eigenvalue weighted by Gasteiger charge is -2.09. The van der Waals surface area contributed by atoms with Crippen molar-refractivity contribution in [1.82, 2.24) is 9.97 Å². The number of amidine groups is 1. The Hall–Kier alpha value is -1.85. The maximum absolute atomic E-state index is 8.41. The van der Waals surface area contributed by atoms with Crippen molar-refractivity contribution in [3.8, 4) is 0 Å². The second-order valence-electron chi connectivity index (χ2n) is 2.62. The molecule has 3 N–H and O–H groups in total. The molecule has 0 aliphatic carbocycles. The standard InChI is InChI=1S/C7H11N5O/c1-12(2)7-9-4-3-5(10-7)6(8)11-13/h3-4,13H,1-2H3,(H2,8,11). The Balaban J connectivity index is 3.05. The van der Waals surface area contributed by atoms with Gasteiger partial charge in [0.15, 0.2) is 5.84 Å². The van der Waals surface area contributed by atoms with Crippen LogP contribution < -0.4 is 10.6 Å². The lowest BCUT2D eigenvalue weighted by atomic mass is 10.4. The van der Waals surface area contributed by atoms with Crippen LogP contribution in [0.2, 0.25) is 0 Å². The molecule has 0 radical (unpaired) electrons. The molecule has 0 saturated heterocycles. The summed E-state index contributed by atoms with van der Waals surface area (Å²) in [6.45, 7) is 0. The summed E-state index contributed by atoms with van der Waals surface area (Å²) in [6.07, 6.45) is 1.55. The number of aromatic nitrogens is 2. The quantitative estimate of drug-likeness (QED) is 0.281. The highest BCUT2D eigenvalue weighted by Gasteiger charge is 2.03. The van der Waals surface area contributed by atoms with Crippen LogP contribution in [0, 0.1) is 0 Å². The van der Waals surface area contributed by atoms with E-state index in [0.717, 1.165) is 0 Å². The second kappa shape index (κ2) is 3.70. The Morgan fingerprint density at radius 1 is 1.62 bits per heavy atom. The molecule has 13 heavy (non-hydrogen) atoms. The molecule has 0 atom stereocenters. The van der Waals surface area contributed by atoms with Gasteiger partial charge in [0.2, 0.25) is 5.95 Å². The molecule has 1 aromatic heterocycles. The zero-order chi connectivity index (χ0) is 9.84. The van der Waals surface area contributed by atoms with E-state index in [9.17, 15) is 0 Å². The molecule has 1 heterocycles. The van der Waals surface area contributed by atoms with Crippen molar-refractivity contribution in [2.75, 3.05) is 19.0 Å². The van der Waals surface area contributed by atoms with Crippen LogP contribution in [0.1, 0.15) is 5.69 Å². The predicted octanol–water partition coefficient (Wildman–Crippen LogP) is -0.363. The molecular formula is C7H11N5O. The summed E-state index contributed by atoms with van der Waals surface area (Å²) in [7, 11) is 3.62. The SMILES string of the molecule is CN(C)c1nccc(/C(N)=N\O)n1. The van der Waals surface area contributed by atoms with E-state index in [0.29, 0.717) is 11.6 Å². The van der Waals surface area contributed by atoms with E-state index >= 15 is 0 Å². The van der Waals surface area contributed by atoms with E-state index in [-0.39, 0.29) is 5.84 Å². The van der Waals surface area contributed by atoms with Gasteiger partial charge in [-0.05, 0) is 6.07 Å². The summed E-state index contributed by atoms with van der Waals surface area (Å²) < 4.78 is 0. The van der Waals surface area contributed by atoms with Crippen molar-refractivity contribution in [1.29, 1.82) is 0 Å². The summed E-state index contributed by atoms with van der Waals surface area (Å²) in [5, 5.41) is 11.3. The Labute approximate surface area is 75.7 Å². The number of hydrogen-bond acceptors (Lipinski definition) is 5. The average molecular weight is 181 g/mol. The number of rotatable bonds is 2. The van der Waals surface area contributed by atoms with Crippen LogP contribution in [0.15, 0.2) is 17.4 Å². The van der Waals surface area contributed by atoms with Crippen LogP contribution in [0.3, 0.4) is 0 Å². The van der Waals surface area contributed by atoms with E-state index in [2.05, 4.69) is 15.1 Å². The van der Waals surface area contributed by atoms with Crippen molar-refractivity contribution in [2.45, 2.75) is 0 Å². The van der Waals surface area contributed by atoms with Crippen LogP contribution in [0.5, 0.6) is 0 Å². The van der Waals surface area contributed by atoms with Gasteiger partial charge in [-0.15, -0.1) is 0 Å². The Morgan fingerprint density at radius 2 is 2.31 bits per heavy atom. The van der Waals surface area contributed by atoms with E-state index in [1.807, 2.05) is 14.1 Å². The van der Waals surface area contributed by atoms with E-state index < -0.39 is 0 Å². The molecule has 0 unspecified atom stereocenters. The zero-order valence-electron chi connectivity index (χ0n) is 7.47. The second-order valence-corrected chi connectivity index (χ2v) is 2.62. The maximum atomic E-state index is 8.41. The minimum Gasteiger partial charge on any atom is -0.409 e. The monoisotopic (exact) mass is 181 g/mol. The van der Waals surface area contributed by atoms with Crippen molar-refractivity contribution < 1.29 is 5.21 Å². The summed E-state index contributed by atoms with van der Waals surface area (Å²) in [5.74, 6) is 0.495. The Morgan fingerprint density at radius 3 is 2.85 bits per heavy atom. The molecule has 1 aromatic rings. The number of nitrogens with zero attached hydrogens (tertiary/aromatic N) is 4.